The number of fused-ring (bicyclic) bond motifs is 1. The van der Waals surface area contributed by atoms with Crippen molar-refractivity contribution in [2.45, 2.75) is 35.9 Å². The lowest BCUT2D eigenvalue weighted by molar-refractivity contribution is -0.145. The minimum absolute atomic E-state index is 0.147. The average molecular weight is 328 g/mol. The number of carbonyl (C=O) groups is 1. The lowest BCUT2D eigenvalue weighted by atomic mass is 10.2. The largest absolute Gasteiger partial charge is 0.462 e. The van der Waals surface area contributed by atoms with E-state index in [1.807, 2.05) is 0 Å². The van der Waals surface area contributed by atoms with E-state index in [4.69, 9.17) is 4.74 Å². The van der Waals surface area contributed by atoms with Crippen molar-refractivity contribution in [3.05, 3.63) is 30.1 Å². The van der Waals surface area contributed by atoms with Crippen LogP contribution in [-0.2, 0) is 15.7 Å². The Morgan fingerprint density at radius 2 is 2.00 bits per heavy atom. The fraction of sp³-hybridized carbons (Fsp3) is 0.357. The van der Waals surface area contributed by atoms with Gasteiger partial charge in [0.2, 0.25) is 5.82 Å². The Balaban J connectivity index is 2.05. The molecular formula is C14H11F3N2O2S. The lowest BCUT2D eigenvalue weighted by Crippen LogP contribution is -2.14. The first-order chi connectivity index (χ1) is 10.3. The molecule has 8 heteroatoms. The van der Waals surface area contributed by atoms with Crippen molar-refractivity contribution >= 4 is 28.6 Å². The van der Waals surface area contributed by atoms with Gasteiger partial charge in [0.1, 0.15) is 16.4 Å². The van der Waals surface area contributed by atoms with Crippen molar-refractivity contribution < 1.29 is 22.7 Å². The summed E-state index contributed by atoms with van der Waals surface area (Å²) in [6.45, 7) is 1.75. The van der Waals surface area contributed by atoms with Crippen molar-refractivity contribution in [3.8, 4) is 0 Å². The molecule has 0 saturated carbocycles. The molecule has 0 aliphatic carbocycles. The lowest BCUT2D eigenvalue weighted by Gasteiger charge is -2.11. The molecule has 1 aromatic carbocycles. The van der Waals surface area contributed by atoms with Crippen LogP contribution in [0.3, 0.4) is 0 Å². The van der Waals surface area contributed by atoms with Crippen LogP contribution in [0.1, 0.15) is 19.2 Å². The van der Waals surface area contributed by atoms with Gasteiger partial charge in [0, 0.05) is 11.8 Å². The number of benzene rings is 1. The van der Waals surface area contributed by atoms with E-state index in [9.17, 15) is 18.0 Å². The van der Waals surface area contributed by atoms with Crippen LogP contribution in [0.25, 0.3) is 10.9 Å². The predicted octanol–water partition coefficient (Wildman–Crippen LogP) is 3.44. The molecule has 1 aromatic heterocycles. The van der Waals surface area contributed by atoms with E-state index >= 15 is 0 Å². The molecule has 0 spiro atoms. The average Bonchev–Trinajstić information content (AvgIpc) is 2.76. The van der Waals surface area contributed by atoms with Crippen LogP contribution in [0.15, 0.2) is 29.3 Å². The van der Waals surface area contributed by atoms with Crippen molar-refractivity contribution in [2.75, 3.05) is 0 Å². The molecule has 2 atom stereocenters. The van der Waals surface area contributed by atoms with E-state index in [0.29, 0.717) is 11.8 Å². The summed E-state index contributed by atoms with van der Waals surface area (Å²) in [5.74, 6) is -1.62. The molecule has 0 bridgehead atoms. The predicted molar refractivity (Wildman–Crippen MR) is 74.4 cm³/mol. The van der Waals surface area contributed by atoms with Gasteiger partial charge in [0.25, 0.3) is 0 Å². The van der Waals surface area contributed by atoms with Gasteiger partial charge in [-0.05, 0) is 13.0 Å². The molecule has 116 valence electrons. The monoisotopic (exact) mass is 328 g/mol. The van der Waals surface area contributed by atoms with Gasteiger partial charge in [-0.15, -0.1) is 0 Å². The van der Waals surface area contributed by atoms with Crippen LogP contribution in [0.5, 0.6) is 0 Å². The van der Waals surface area contributed by atoms with Crippen LogP contribution in [0.2, 0.25) is 0 Å². The van der Waals surface area contributed by atoms with Gasteiger partial charge in [0.15, 0.2) is 0 Å². The third kappa shape index (κ3) is 2.87. The number of cyclic esters (lactones) is 1. The second kappa shape index (κ2) is 5.42. The Morgan fingerprint density at radius 3 is 2.64 bits per heavy atom. The van der Waals surface area contributed by atoms with Crippen LogP contribution in [0, 0.1) is 0 Å². The van der Waals surface area contributed by atoms with Crippen molar-refractivity contribution in [3.63, 3.8) is 0 Å². The first-order valence-electron chi connectivity index (χ1n) is 6.56. The number of nitrogens with zero attached hydrogens (tertiary/aromatic N) is 2. The van der Waals surface area contributed by atoms with Crippen molar-refractivity contribution in [1.82, 2.24) is 9.97 Å². The smallest absolute Gasteiger partial charge is 0.451 e. The quantitative estimate of drug-likeness (QED) is 0.624. The fourth-order valence-corrected chi connectivity index (χ4v) is 3.44. The van der Waals surface area contributed by atoms with Gasteiger partial charge in [-0.25, -0.2) is 9.97 Å². The van der Waals surface area contributed by atoms with Crippen molar-refractivity contribution in [1.29, 1.82) is 0 Å². The van der Waals surface area contributed by atoms with E-state index in [1.54, 1.807) is 25.1 Å². The Hall–Kier alpha value is -1.83. The maximum absolute atomic E-state index is 12.9. The number of hydrogen-bond acceptors (Lipinski definition) is 5. The van der Waals surface area contributed by atoms with Gasteiger partial charge in [-0.1, -0.05) is 30.0 Å². The summed E-state index contributed by atoms with van der Waals surface area (Å²) < 4.78 is 43.8. The summed E-state index contributed by atoms with van der Waals surface area (Å²) in [7, 11) is 0. The summed E-state index contributed by atoms with van der Waals surface area (Å²) in [5, 5.41) is 0.0937. The molecule has 3 rings (SSSR count). The van der Waals surface area contributed by atoms with E-state index in [1.165, 1.54) is 6.07 Å². The topological polar surface area (TPSA) is 52.1 Å². The van der Waals surface area contributed by atoms with Gasteiger partial charge in [0.05, 0.1) is 5.52 Å². The Morgan fingerprint density at radius 1 is 1.27 bits per heavy atom. The van der Waals surface area contributed by atoms with Gasteiger partial charge in [-0.3, -0.25) is 4.79 Å². The Bertz CT molecular complexity index is 736. The molecule has 0 radical (unpaired) electrons. The third-order valence-corrected chi connectivity index (χ3v) is 4.41. The maximum Gasteiger partial charge on any atom is 0.451 e. The number of aromatic nitrogens is 2. The standard InChI is InChI=1S/C14H11F3N2O2S/c1-7-6-10(12(20)21-7)22-11-8-4-2-3-5-9(8)18-13(19-11)14(15,16)17/h2-5,7,10H,6H2,1H3. The molecule has 1 aliphatic rings. The SMILES string of the molecule is CC1CC(Sc2nc(C(F)(F)F)nc3ccccc23)C(=O)O1. The van der Waals surface area contributed by atoms with Crippen LogP contribution < -0.4 is 0 Å². The first kappa shape index (κ1) is 15.1. The molecule has 4 nitrogen and oxygen atoms in total. The second-order valence-corrected chi connectivity index (χ2v) is 6.15. The molecule has 2 heterocycles. The number of ether oxygens (including phenoxy) is 1. The number of rotatable bonds is 2. The molecular weight excluding hydrogens is 317 g/mol. The molecule has 0 amide bonds. The molecule has 1 aliphatic heterocycles. The van der Waals surface area contributed by atoms with Crippen LogP contribution in [0.4, 0.5) is 13.2 Å². The zero-order chi connectivity index (χ0) is 15.9. The normalized spacial score (nSPS) is 22.1. The number of thioether (sulfide) groups is 1. The zero-order valence-electron chi connectivity index (χ0n) is 11.4. The Kier molecular flexibility index (Phi) is 3.72. The maximum atomic E-state index is 12.9. The highest BCUT2D eigenvalue weighted by Gasteiger charge is 2.37. The highest BCUT2D eigenvalue weighted by molar-refractivity contribution is 8.00. The number of carbonyl (C=O) groups excluding carboxylic acids is 1. The highest BCUT2D eigenvalue weighted by atomic mass is 32.2. The molecule has 1 fully saturated rings. The van der Waals surface area contributed by atoms with E-state index in [-0.39, 0.29) is 16.6 Å². The van der Waals surface area contributed by atoms with Gasteiger partial charge >= 0.3 is 12.1 Å². The molecule has 0 N–H and O–H groups in total. The number of hydrogen-bond donors (Lipinski definition) is 0. The first-order valence-corrected chi connectivity index (χ1v) is 7.43. The molecule has 1 saturated heterocycles. The highest BCUT2D eigenvalue weighted by Crippen LogP contribution is 2.36. The molecule has 2 aromatic rings. The summed E-state index contributed by atoms with van der Waals surface area (Å²) in [6, 6.07) is 6.43. The Labute approximate surface area is 128 Å². The van der Waals surface area contributed by atoms with Gasteiger partial charge < -0.3 is 4.74 Å². The third-order valence-electron chi connectivity index (χ3n) is 3.20. The molecule has 2 unspecified atom stereocenters. The van der Waals surface area contributed by atoms with E-state index < -0.39 is 23.2 Å². The fourth-order valence-electron chi connectivity index (χ4n) is 2.22. The number of esters is 1. The van der Waals surface area contributed by atoms with Crippen LogP contribution >= 0.6 is 11.8 Å². The minimum Gasteiger partial charge on any atom is -0.462 e. The van der Waals surface area contributed by atoms with E-state index in [2.05, 4.69) is 9.97 Å². The number of halogens is 3. The summed E-state index contributed by atoms with van der Waals surface area (Å²) >= 11 is 0.997. The number of para-hydroxylation sites is 1. The van der Waals surface area contributed by atoms with E-state index in [0.717, 1.165) is 11.8 Å². The zero-order valence-corrected chi connectivity index (χ0v) is 12.2. The molecule has 22 heavy (non-hydrogen) atoms. The van der Waals surface area contributed by atoms with Crippen LogP contribution in [-0.4, -0.2) is 27.3 Å². The van der Waals surface area contributed by atoms with Gasteiger partial charge in [-0.2, -0.15) is 13.2 Å². The summed E-state index contributed by atoms with van der Waals surface area (Å²) in [5.41, 5.74) is 0.201. The van der Waals surface area contributed by atoms with Crippen molar-refractivity contribution in [2.24, 2.45) is 0 Å². The summed E-state index contributed by atoms with van der Waals surface area (Å²) in [4.78, 5) is 18.9. The number of alkyl halides is 3. The minimum atomic E-state index is -4.64. The summed E-state index contributed by atoms with van der Waals surface area (Å²) in [6.07, 6.45) is -4.42. The second-order valence-electron chi connectivity index (χ2n) is 4.96.